The molecule has 0 aliphatic heterocycles. The average Bonchev–Trinajstić information content (AvgIpc) is 2.52. The van der Waals surface area contributed by atoms with Crippen LogP contribution in [0, 0.1) is 0 Å². The van der Waals surface area contributed by atoms with E-state index in [4.69, 9.17) is 27.9 Å². The summed E-state index contributed by atoms with van der Waals surface area (Å²) in [5, 5.41) is 5.66. The van der Waals surface area contributed by atoms with Gasteiger partial charge >= 0.3 is 0 Å². The maximum Gasteiger partial charge on any atom is 0.262 e. The summed E-state index contributed by atoms with van der Waals surface area (Å²) < 4.78 is 5.64. The second-order valence-corrected chi connectivity index (χ2v) is 5.85. The third-order valence-electron chi connectivity index (χ3n) is 3.25. The van der Waals surface area contributed by atoms with Gasteiger partial charge in [0.1, 0.15) is 5.75 Å². The summed E-state index contributed by atoms with van der Waals surface area (Å²) in [7, 11) is 0. The number of halogens is 2. The van der Waals surface area contributed by atoms with Crippen molar-refractivity contribution in [3.05, 3.63) is 70.7 Å². The Morgan fingerprint density at radius 2 is 1.65 bits per heavy atom. The summed E-state index contributed by atoms with van der Waals surface area (Å²) in [5.41, 5.74) is 0.536. The van der Waals surface area contributed by atoms with Crippen LogP contribution in [0.25, 0.3) is 10.8 Å². The van der Waals surface area contributed by atoms with Gasteiger partial charge in [-0.15, -0.1) is 0 Å². The van der Waals surface area contributed by atoms with Gasteiger partial charge < -0.3 is 10.1 Å². The minimum Gasteiger partial charge on any atom is -0.483 e. The standard InChI is InChI=1S/C18H13Cl2NO2/c19-13-8-14(20)10-15(9-13)21-18(22)11-23-17-7-3-5-12-4-1-2-6-16(12)17/h1-10H,11H2,(H,21,22). The third-order valence-corrected chi connectivity index (χ3v) is 3.69. The normalized spacial score (nSPS) is 10.5. The first-order chi connectivity index (χ1) is 11.1. The Bertz CT molecular complexity index is 839. The minimum atomic E-state index is -0.281. The van der Waals surface area contributed by atoms with E-state index in [1.54, 1.807) is 18.2 Å². The monoisotopic (exact) mass is 345 g/mol. The fourth-order valence-corrected chi connectivity index (χ4v) is 2.81. The highest BCUT2D eigenvalue weighted by Crippen LogP contribution is 2.25. The summed E-state index contributed by atoms with van der Waals surface area (Å²) in [6.07, 6.45) is 0. The molecule has 3 aromatic rings. The number of amides is 1. The van der Waals surface area contributed by atoms with Crippen LogP contribution in [-0.2, 0) is 4.79 Å². The predicted molar refractivity (Wildman–Crippen MR) is 94.5 cm³/mol. The molecule has 0 saturated heterocycles. The fourth-order valence-electron chi connectivity index (χ4n) is 2.29. The van der Waals surface area contributed by atoms with E-state index >= 15 is 0 Å². The molecule has 0 aliphatic rings. The number of hydrogen-bond donors (Lipinski definition) is 1. The van der Waals surface area contributed by atoms with Gasteiger partial charge in [0.15, 0.2) is 6.61 Å². The number of fused-ring (bicyclic) bond motifs is 1. The van der Waals surface area contributed by atoms with Crippen LogP contribution in [0.4, 0.5) is 5.69 Å². The van der Waals surface area contributed by atoms with Crippen molar-refractivity contribution < 1.29 is 9.53 Å². The smallest absolute Gasteiger partial charge is 0.262 e. The summed E-state index contributed by atoms with van der Waals surface area (Å²) in [6.45, 7) is -0.0991. The number of carbonyl (C=O) groups is 1. The summed E-state index contributed by atoms with van der Waals surface area (Å²) in [5.74, 6) is 0.388. The van der Waals surface area contributed by atoms with Crippen LogP contribution in [0.2, 0.25) is 10.0 Å². The Hall–Kier alpha value is -2.23. The Labute approximate surface area is 143 Å². The average molecular weight is 346 g/mol. The number of nitrogens with one attached hydrogen (secondary N) is 1. The molecule has 1 amide bonds. The summed E-state index contributed by atoms with van der Waals surface area (Å²) in [6, 6.07) is 18.4. The molecule has 0 radical (unpaired) electrons. The molecular formula is C18H13Cl2NO2. The van der Waals surface area contributed by atoms with Crippen molar-refractivity contribution in [1.82, 2.24) is 0 Å². The van der Waals surface area contributed by atoms with E-state index in [0.29, 0.717) is 21.5 Å². The zero-order chi connectivity index (χ0) is 16.2. The Kier molecular flexibility index (Phi) is 4.70. The van der Waals surface area contributed by atoms with Crippen molar-refractivity contribution >= 4 is 45.6 Å². The predicted octanol–water partition coefficient (Wildman–Crippen LogP) is 5.16. The van der Waals surface area contributed by atoms with Gasteiger partial charge in [0, 0.05) is 21.1 Å². The lowest BCUT2D eigenvalue weighted by Gasteiger charge is -2.10. The molecule has 3 rings (SSSR count). The molecule has 3 aromatic carbocycles. The number of rotatable bonds is 4. The van der Waals surface area contributed by atoms with E-state index in [0.717, 1.165) is 10.8 Å². The van der Waals surface area contributed by atoms with E-state index in [9.17, 15) is 4.79 Å². The Morgan fingerprint density at radius 3 is 2.43 bits per heavy atom. The molecule has 0 bridgehead atoms. The van der Waals surface area contributed by atoms with E-state index in [2.05, 4.69) is 5.32 Å². The number of carbonyl (C=O) groups excluding carboxylic acids is 1. The molecule has 23 heavy (non-hydrogen) atoms. The number of hydrogen-bond acceptors (Lipinski definition) is 2. The van der Waals surface area contributed by atoms with Crippen molar-refractivity contribution in [3.63, 3.8) is 0 Å². The van der Waals surface area contributed by atoms with Gasteiger partial charge in [-0.25, -0.2) is 0 Å². The van der Waals surface area contributed by atoms with Crippen molar-refractivity contribution in [2.24, 2.45) is 0 Å². The molecule has 0 saturated carbocycles. The molecule has 3 nitrogen and oxygen atoms in total. The lowest BCUT2D eigenvalue weighted by Crippen LogP contribution is -2.20. The highest BCUT2D eigenvalue weighted by atomic mass is 35.5. The van der Waals surface area contributed by atoms with Crippen LogP contribution >= 0.6 is 23.2 Å². The molecular weight excluding hydrogens is 333 g/mol. The molecule has 0 spiro atoms. The zero-order valence-electron chi connectivity index (χ0n) is 12.1. The Balaban J connectivity index is 1.68. The van der Waals surface area contributed by atoms with Crippen LogP contribution in [0.1, 0.15) is 0 Å². The van der Waals surface area contributed by atoms with Crippen molar-refractivity contribution in [3.8, 4) is 5.75 Å². The fraction of sp³-hybridized carbons (Fsp3) is 0.0556. The molecule has 0 unspecified atom stereocenters. The largest absolute Gasteiger partial charge is 0.483 e. The molecule has 0 fully saturated rings. The van der Waals surface area contributed by atoms with Crippen LogP contribution in [-0.4, -0.2) is 12.5 Å². The minimum absolute atomic E-state index is 0.0991. The molecule has 1 N–H and O–H groups in total. The number of ether oxygens (including phenoxy) is 1. The van der Waals surface area contributed by atoms with Gasteiger partial charge in [0.05, 0.1) is 0 Å². The molecule has 5 heteroatoms. The highest BCUT2D eigenvalue weighted by Gasteiger charge is 2.07. The van der Waals surface area contributed by atoms with Gasteiger partial charge in [-0.2, -0.15) is 0 Å². The number of anilines is 1. The maximum atomic E-state index is 12.0. The van der Waals surface area contributed by atoms with E-state index in [-0.39, 0.29) is 12.5 Å². The summed E-state index contributed by atoms with van der Waals surface area (Å²) in [4.78, 5) is 12.0. The van der Waals surface area contributed by atoms with Gasteiger partial charge in [0.2, 0.25) is 0 Å². The van der Waals surface area contributed by atoms with Crippen molar-refractivity contribution in [2.45, 2.75) is 0 Å². The summed E-state index contributed by atoms with van der Waals surface area (Å²) >= 11 is 11.8. The van der Waals surface area contributed by atoms with E-state index in [1.165, 1.54) is 0 Å². The lowest BCUT2D eigenvalue weighted by atomic mass is 10.1. The Morgan fingerprint density at radius 1 is 0.957 bits per heavy atom. The topological polar surface area (TPSA) is 38.3 Å². The molecule has 0 atom stereocenters. The van der Waals surface area contributed by atoms with Crippen LogP contribution in [0.5, 0.6) is 5.75 Å². The van der Waals surface area contributed by atoms with Crippen LogP contribution < -0.4 is 10.1 Å². The van der Waals surface area contributed by atoms with E-state index in [1.807, 2.05) is 42.5 Å². The molecule has 0 aromatic heterocycles. The lowest BCUT2D eigenvalue weighted by molar-refractivity contribution is -0.118. The first-order valence-electron chi connectivity index (χ1n) is 6.98. The third kappa shape index (κ3) is 3.95. The number of benzene rings is 3. The molecule has 0 heterocycles. The molecule has 116 valence electrons. The van der Waals surface area contributed by atoms with Gasteiger partial charge in [-0.3, -0.25) is 4.79 Å². The quantitative estimate of drug-likeness (QED) is 0.708. The van der Waals surface area contributed by atoms with Gasteiger partial charge in [-0.05, 0) is 29.7 Å². The molecule has 0 aliphatic carbocycles. The first-order valence-corrected chi connectivity index (χ1v) is 7.74. The highest BCUT2D eigenvalue weighted by molar-refractivity contribution is 6.35. The van der Waals surface area contributed by atoms with Crippen molar-refractivity contribution in [2.75, 3.05) is 11.9 Å². The SMILES string of the molecule is O=C(COc1cccc2ccccc12)Nc1cc(Cl)cc(Cl)c1. The van der Waals surface area contributed by atoms with E-state index < -0.39 is 0 Å². The van der Waals surface area contributed by atoms with Crippen LogP contribution in [0.3, 0.4) is 0 Å². The second kappa shape index (κ2) is 6.90. The first kappa shape index (κ1) is 15.7. The maximum absolute atomic E-state index is 12.0. The van der Waals surface area contributed by atoms with Crippen molar-refractivity contribution in [1.29, 1.82) is 0 Å². The zero-order valence-corrected chi connectivity index (χ0v) is 13.6. The second-order valence-electron chi connectivity index (χ2n) is 4.97. The van der Waals surface area contributed by atoms with Crippen LogP contribution in [0.15, 0.2) is 60.7 Å². The van der Waals surface area contributed by atoms with Gasteiger partial charge in [-0.1, -0.05) is 59.6 Å². The van der Waals surface area contributed by atoms with Gasteiger partial charge in [0.25, 0.3) is 5.91 Å².